The van der Waals surface area contributed by atoms with Gasteiger partial charge in [-0.05, 0) is 71.2 Å². The fourth-order valence-corrected chi connectivity index (χ4v) is 4.27. The van der Waals surface area contributed by atoms with Gasteiger partial charge in [0.25, 0.3) is 0 Å². The van der Waals surface area contributed by atoms with Crippen molar-refractivity contribution in [2.24, 2.45) is 0 Å². The van der Waals surface area contributed by atoms with Gasteiger partial charge in [-0.25, -0.2) is 4.79 Å². The van der Waals surface area contributed by atoms with E-state index in [0.717, 1.165) is 24.8 Å². The monoisotopic (exact) mass is 539 g/mol. The van der Waals surface area contributed by atoms with Crippen LogP contribution in [0.5, 0.6) is 5.75 Å². The molecule has 2 rings (SSSR count). The molecule has 8 nitrogen and oxygen atoms in total. The molecule has 8 heteroatoms. The van der Waals surface area contributed by atoms with Crippen LogP contribution in [-0.2, 0) is 20.7 Å². The average Bonchev–Trinajstić information content (AvgIpc) is 2.83. The number of hydrogen-bond acceptors (Lipinski definition) is 5. The number of nitrogens with zero attached hydrogens (tertiary/aromatic N) is 1. The second kappa shape index (κ2) is 14.0. The SMILES string of the molecule is CCCCCNC(=O)C(c1ccc(O)cc1)N(C(=O)C(Cc1ccccc1)NC(=O)OC(C)(C)C)C(C)(C)C. The maximum Gasteiger partial charge on any atom is 0.408 e. The topological polar surface area (TPSA) is 108 Å². The number of benzene rings is 2. The van der Waals surface area contributed by atoms with Gasteiger partial charge in [-0.1, -0.05) is 62.2 Å². The number of ether oxygens (including phenoxy) is 1. The molecule has 0 heterocycles. The Balaban J connectivity index is 2.53. The summed E-state index contributed by atoms with van der Waals surface area (Å²) >= 11 is 0. The maximum absolute atomic E-state index is 14.4. The van der Waals surface area contributed by atoms with Crippen LogP contribution in [0.15, 0.2) is 54.6 Å². The smallest absolute Gasteiger partial charge is 0.408 e. The van der Waals surface area contributed by atoms with Crippen molar-refractivity contribution in [1.29, 1.82) is 0 Å². The molecule has 2 unspecified atom stereocenters. The van der Waals surface area contributed by atoms with Gasteiger partial charge in [0.2, 0.25) is 11.8 Å². The average molecular weight is 540 g/mol. The van der Waals surface area contributed by atoms with Crippen molar-refractivity contribution < 1.29 is 24.2 Å². The third kappa shape index (κ3) is 10.3. The van der Waals surface area contributed by atoms with Crippen molar-refractivity contribution in [2.75, 3.05) is 6.54 Å². The molecule has 0 saturated heterocycles. The van der Waals surface area contributed by atoms with Gasteiger partial charge in [0.05, 0.1) is 0 Å². The van der Waals surface area contributed by atoms with Crippen molar-refractivity contribution in [3.63, 3.8) is 0 Å². The molecule has 0 radical (unpaired) electrons. The number of unbranched alkanes of at least 4 members (excludes halogenated alkanes) is 2. The third-order valence-electron chi connectivity index (χ3n) is 6.03. The normalized spacial score (nSPS) is 13.2. The van der Waals surface area contributed by atoms with E-state index in [2.05, 4.69) is 17.6 Å². The molecule has 2 aromatic carbocycles. The number of phenolic OH excluding ortho intramolecular Hbond substituents is 1. The molecule has 2 atom stereocenters. The molecule has 0 aliphatic heterocycles. The number of alkyl carbamates (subject to hydrolysis) is 1. The van der Waals surface area contributed by atoms with Crippen LogP contribution in [0.25, 0.3) is 0 Å². The van der Waals surface area contributed by atoms with Gasteiger partial charge in [-0.15, -0.1) is 0 Å². The van der Waals surface area contributed by atoms with Crippen LogP contribution in [-0.4, -0.2) is 51.6 Å². The Bertz CT molecular complexity index is 1070. The van der Waals surface area contributed by atoms with Crippen LogP contribution < -0.4 is 10.6 Å². The van der Waals surface area contributed by atoms with Crippen LogP contribution in [0.4, 0.5) is 4.79 Å². The third-order valence-corrected chi connectivity index (χ3v) is 6.03. The zero-order chi connectivity index (χ0) is 29.2. The minimum atomic E-state index is -0.992. The molecule has 0 fully saturated rings. The van der Waals surface area contributed by atoms with Crippen LogP contribution in [0.2, 0.25) is 0 Å². The summed E-state index contributed by atoms with van der Waals surface area (Å²) in [5.41, 5.74) is -0.141. The molecule has 0 saturated carbocycles. The lowest BCUT2D eigenvalue weighted by Gasteiger charge is -2.43. The van der Waals surface area contributed by atoms with E-state index < -0.39 is 35.2 Å². The number of amides is 3. The zero-order valence-electron chi connectivity index (χ0n) is 24.4. The van der Waals surface area contributed by atoms with Gasteiger partial charge in [0.15, 0.2) is 0 Å². The molecule has 3 amide bonds. The molecule has 2 aromatic rings. The van der Waals surface area contributed by atoms with Gasteiger partial charge >= 0.3 is 6.09 Å². The minimum absolute atomic E-state index is 0.0584. The van der Waals surface area contributed by atoms with Crippen molar-refractivity contribution in [3.8, 4) is 5.75 Å². The number of phenols is 1. The Kier molecular flexibility index (Phi) is 11.4. The van der Waals surface area contributed by atoms with Crippen molar-refractivity contribution in [3.05, 3.63) is 65.7 Å². The highest BCUT2D eigenvalue weighted by Crippen LogP contribution is 2.31. The Labute approximate surface area is 233 Å². The molecule has 0 spiro atoms. The van der Waals surface area contributed by atoms with E-state index in [1.165, 1.54) is 17.0 Å². The van der Waals surface area contributed by atoms with Crippen LogP contribution in [0.1, 0.15) is 84.9 Å². The van der Waals surface area contributed by atoms with Crippen molar-refractivity contribution in [1.82, 2.24) is 15.5 Å². The fraction of sp³-hybridized carbons (Fsp3) is 0.516. The molecular formula is C31H45N3O5. The van der Waals surface area contributed by atoms with E-state index in [-0.39, 0.29) is 18.1 Å². The Morgan fingerprint density at radius 1 is 0.923 bits per heavy atom. The Hall–Kier alpha value is -3.55. The van der Waals surface area contributed by atoms with Crippen molar-refractivity contribution in [2.45, 2.75) is 97.4 Å². The zero-order valence-corrected chi connectivity index (χ0v) is 24.4. The minimum Gasteiger partial charge on any atom is -0.508 e. The van der Waals surface area contributed by atoms with E-state index in [1.807, 2.05) is 51.1 Å². The van der Waals surface area contributed by atoms with Crippen molar-refractivity contribution >= 4 is 17.9 Å². The second-order valence-electron chi connectivity index (χ2n) is 11.8. The number of hydrogen-bond donors (Lipinski definition) is 3. The highest BCUT2D eigenvalue weighted by Gasteiger charge is 2.41. The highest BCUT2D eigenvalue weighted by atomic mass is 16.6. The molecule has 0 bridgehead atoms. The summed E-state index contributed by atoms with van der Waals surface area (Å²) in [6.07, 6.45) is 2.32. The lowest BCUT2D eigenvalue weighted by Crippen LogP contribution is -2.59. The van der Waals surface area contributed by atoms with Crippen LogP contribution in [0.3, 0.4) is 0 Å². The first-order valence-corrected chi connectivity index (χ1v) is 13.7. The number of rotatable bonds is 11. The van der Waals surface area contributed by atoms with E-state index >= 15 is 0 Å². The standard InChI is InChI=1S/C31H45N3O5/c1-8-9-13-20-32-27(36)26(23-16-18-24(35)19-17-23)34(30(2,3)4)28(37)25(21-22-14-11-10-12-15-22)33-29(38)39-31(5,6)7/h10-12,14-19,25-26,35H,8-9,13,20-21H2,1-7H3,(H,32,36)(H,33,38). The Morgan fingerprint density at radius 3 is 2.08 bits per heavy atom. The highest BCUT2D eigenvalue weighted by molar-refractivity contribution is 5.92. The largest absolute Gasteiger partial charge is 0.508 e. The molecule has 214 valence electrons. The summed E-state index contributed by atoms with van der Waals surface area (Å²) < 4.78 is 5.48. The molecule has 0 aliphatic rings. The summed E-state index contributed by atoms with van der Waals surface area (Å²) in [7, 11) is 0. The molecule has 3 N–H and O–H groups in total. The molecule has 0 aliphatic carbocycles. The number of nitrogens with one attached hydrogen (secondary N) is 2. The van der Waals surface area contributed by atoms with E-state index in [0.29, 0.717) is 12.1 Å². The van der Waals surface area contributed by atoms with Gasteiger partial charge < -0.3 is 25.4 Å². The summed E-state index contributed by atoms with van der Waals surface area (Å²) in [4.78, 5) is 42.4. The predicted octanol–water partition coefficient (Wildman–Crippen LogP) is 5.50. The lowest BCUT2D eigenvalue weighted by molar-refractivity contribution is -0.148. The summed E-state index contributed by atoms with van der Waals surface area (Å²) in [6.45, 7) is 13.4. The quantitative estimate of drug-likeness (QED) is 0.327. The van der Waals surface area contributed by atoms with Crippen LogP contribution >= 0.6 is 0 Å². The van der Waals surface area contributed by atoms with Gasteiger partial charge in [-0.3, -0.25) is 9.59 Å². The summed E-state index contributed by atoms with van der Waals surface area (Å²) in [6, 6.07) is 13.7. The van der Waals surface area contributed by atoms with Gasteiger partial charge in [0.1, 0.15) is 23.4 Å². The number of aromatic hydroxyl groups is 1. The second-order valence-corrected chi connectivity index (χ2v) is 11.8. The van der Waals surface area contributed by atoms with E-state index in [1.54, 1.807) is 32.9 Å². The number of carbonyl (C=O) groups is 3. The van der Waals surface area contributed by atoms with E-state index in [4.69, 9.17) is 4.74 Å². The first-order valence-electron chi connectivity index (χ1n) is 13.7. The van der Waals surface area contributed by atoms with Gasteiger partial charge in [-0.2, -0.15) is 0 Å². The van der Waals surface area contributed by atoms with Gasteiger partial charge in [0, 0.05) is 18.5 Å². The molecule has 0 aromatic heterocycles. The van der Waals surface area contributed by atoms with Crippen LogP contribution in [0, 0.1) is 0 Å². The van der Waals surface area contributed by atoms with E-state index in [9.17, 15) is 19.5 Å². The predicted molar refractivity (Wildman–Crippen MR) is 153 cm³/mol. The summed E-state index contributed by atoms with van der Waals surface area (Å²) in [5, 5.41) is 15.6. The maximum atomic E-state index is 14.4. The number of carbonyl (C=O) groups excluding carboxylic acids is 3. The first kappa shape index (κ1) is 31.7. The Morgan fingerprint density at radius 2 is 1.54 bits per heavy atom. The fourth-order valence-electron chi connectivity index (χ4n) is 4.27. The first-order chi connectivity index (χ1) is 18.2. The molecular weight excluding hydrogens is 494 g/mol. The molecule has 39 heavy (non-hydrogen) atoms. The summed E-state index contributed by atoms with van der Waals surface area (Å²) in [5.74, 6) is -0.683. The lowest BCUT2D eigenvalue weighted by atomic mass is 9.94.